The van der Waals surface area contributed by atoms with Gasteiger partial charge in [0.05, 0.1) is 33.0 Å². The molecule has 0 aromatic carbocycles. The Morgan fingerprint density at radius 2 is 1.89 bits per heavy atom. The Balaban J connectivity index is 2.45. The molecule has 0 atom stereocenters. The maximum atomic E-state index is 11.5. The van der Waals surface area contributed by atoms with E-state index in [1.165, 1.54) is 11.8 Å². The lowest BCUT2D eigenvalue weighted by atomic mass is 10.1. The zero-order valence-electron chi connectivity index (χ0n) is 11.4. The number of aliphatic hydroxyl groups is 3. The summed E-state index contributed by atoms with van der Waals surface area (Å²) in [4.78, 5) is 15.2. The van der Waals surface area contributed by atoms with Crippen LogP contribution in [0, 0.1) is 0 Å². The predicted molar refractivity (Wildman–Crippen MR) is 68.6 cm³/mol. The third-order valence-corrected chi connectivity index (χ3v) is 3.31. The zero-order valence-corrected chi connectivity index (χ0v) is 11.4. The van der Waals surface area contributed by atoms with Crippen molar-refractivity contribution in [2.45, 2.75) is 12.5 Å². The molecule has 0 unspecified atom stereocenters. The summed E-state index contributed by atoms with van der Waals surface area (Å²) in [6, 6.07) is 0. The van der Waals surface area contributed by atoms with E-state index in [9.17, 15) is 9.90 Å². The highest BCUT2D eigenvalue weighted by molar-refractivity contribution is 5.73. The quantitative estimate of drug-likeness (QED) is 0.492. The Bertz CT molecular complexity index is 277. The van der Waals surface area contributed by atoms with Crippen LogP contribution in [0.2, 0.25) is 0 Å². The molecular formula is C12H24N2O5. The van der Waals surface area contributed by atoms with Gasteiger partial charge in [-0.3, -0.25) is 9.69 Å². The number of nitrogens with zero attached hydrogens (tertiary/aromatic N) is 2. The minimum atomic E-state index is -1.64. The molecule has 0 radical (unpaired) electrons. The van der Waals surface area contributed by atoms with Crippen LogP contribution in [-0.4, -0.2) is 95.8 Å². The zero-order chi connectivity index (χ0) is 14.3. The summed E-state index contributed by atoms with van der Waals surface area (Å²) in [5.74, 6) is -0.186. The fraction of sp³-hybridized carbons (Fsp3) is 0.917. The van der Waals surface area contributed by atoms with Crippen LogP contribution in [0.15, 0.2) is 0 Å². The van der Waals surface area contributed by atoms with Crippen LogP contribution in [0.3, 0.4) is 0 Å². The molecule has 1 fully saturated rings. The van der Waals surface area contributed by atoms with Crippen molar-refractivity contribution < 1.29 is 24.9 Å². The van der Waals surface area contributed by atoms with Gasteiger partial charge in [-0.1, -0.05) is 0 Å². The van der Waals surface area contributed by atoms with Gasteiger partial charge in [-0.15, -0.1) is 0 Å². The molecule has 0 spiro atoms. The molecular weight excluding hydrogens is 252 g/mol. The van der Waals surface area contributed by atoms with E-state index in [0.717, 1.165) is 13.1 Å². The lowest BCUT2D eigenvalue weighted by Gasteiger charge is -2.33. The van der Waals surface area contributed by atoms with E-state index in [-0.39, 0.29) is 12.5 Å². The lowest BCUT2D eigenvalue weighted by molar-refractivity contribution is -0.136. The van der Waals surface area contributed by atoms with Crippen LogP contribution in [0.25, 0.3) is 0 Å². The van der Waals surface area contributed by atoms with Gasteiger partial charge in [-0.2, -0.15) is 0 Å². The monoisotopic (exact) mass is 276 g/mol. The van der Waals surface area contributed by atoms with Gasteiger partial charge < -0.3 is 25.0 Å². The molecule has 0 aromatic rings. The smallest absolute Gasteiger partial charge is 0.219 e. The van der Waals surface area contributed by atoms with Crippen molar-refractivity contribution in [3.8, 4) is 0 Å². The summed E-state index contributed by atoms with van der Waals surface area (Å²) in [5, 5.41) is 28.0. The summed E-state index contributed by atoms with van der Waals surface area (Å²) in [5.41, 5.74) is -1.64. The van der Waals surface area contributed by atoms with Crippen molar-refractivity contribution in [2.24, 2.45) is 0 Å². The van der Waals surface area contributed by atoms with Gasteiger partial charge in [-0.05, 0) is 0 Å². The lowest BCUT2D eigenvalue weighted by Crippen LogP contribution is -2.52. The van der Waals surface area contributed by atoms with Gasteiger partial charge in [-0.25, -0.2) is 0 Å². The molecule has 0 bridgehead atoms. The van der Waals surface area contributed by atoms with Crippen molar-refractivity contribution in [2.75, 3.05) is 59.2 Å². The molecule has 112 valence electrons. The molecule has 0 aromatic heterocycles. The van der Waals surface area contributed by atoms with Crippen molar-refractivity contribution in [1.29, 1.82) is 0 Å². The van der Waals surface area contributed by atoms with E-state index in [0.29, 0.717) is 26.3 Å². The van der Waals surface area contributed by atoms with Crippen LogP contribution in [0.1, 0.15) is 6.92 Å². The van der Waals surface area contributed by atoms with Crippen LogP contribution in [0.5, 0.6) is 0 Å². The summed E-state index contributed by atoms with van der Waals surface area (Å²) in [6.07, 6.45) is 0. The van der Waals surface area contributed by atoms with E-state index >= 15 is 0 Å². The second-order valence-corrected chi connectivity index (χ2v) is 4.94. The molecule has 7 heteroatoms. The Labute approximate surface area is 113 Å². The molecule has 0 aliphatic carbocycles. The van der Waals surface area contributed by atoms with Gasteiger partial charge in [0.15, 0.2) is 0 Å². The second kappa shape index (κ2) is 7.76. The van der Waals surface area contributed by atoms with Crippen molar-refractivity contribution in [1.82, 2.24) is 9.80 Å². The van der Waals surface area contributed by atoms with Gasteiger partial charge >= 0.3 is 0 Å². The van der Waals surface area contributed by atoms with Crippen LogP contribution in [-0.2, 0) is 9.53 Å². The predicted octanol–water partition coefficient (Wildman–Crippen LogP) is -2.12. The maximum absolute atomic E-state index is 11.5. The molecule has 1 aliphatic heterocycles. The molecule has 3 N–H and O–H groups in total. The summed E-state index contributed by atoms with van der Waals surface area (Å²) >= 11 is 0. The number of rotatable bonds is 7. The molecule has 1 heterocycles. The Morgan fingerprint density at radius 1 is 1.32 bits per heavy atom. The number of aliphatic hydroxyl groups excluding tert-OH is 2. The fourth-order valence-electron chi connectivity index (χ4n) is 1.94. The highest BCUT2D eigenvalue weighted by Gasteiger charge is 2.29. The first-order chi connectivity index (χ1) is 9.00. The minimum Gasteiger partial charge on any atom is -0.393 e. The Kier molecular flexibility index (Phi) is 6.67. The van der Waals surface area contributed by atoms with E-state index in [4.69, 9.17) is 14.9 Å². The topological polar surface area (TPSA) is 93.5 Å². The van der Waals surface area contributed by atoms with Crippen molar-refractivity contribution in [3.63, 3.8) is 0 Å². The number of hydrogen-bond donors (Lipinski definition) is 3. The fourth-order valence-corrected chi connectivity index (χ4v) is 1.94. The number of hydrogen-bond acceptors (Lipinski definition) is 6. The first kappa shape index (κ1) is 16.3. The van der Waals surface area contributed by atoms with Crippen LogP contribution >= 0.6 is 0 Å². The van der Waals surface area contributed by atoms with E-state index in [2.05, 4.69) is 4.90 Å². The number of morpholine rings is 1. The van der Waals surface area contributed by atoms with Crippen molar-refractivity contribution in [3.05, 3.63) is 0 Å². The minimum absolute atomic E-state index is 0.0698. The standard InChI is InChI=1S/C12H24N2O5/c1-11(17)14(8-12(18,9-15)10-16)3-2-13-4-6-19-7-5-13/h15-16,18H,2-10H2,1H3. The van der Waals surface area contributed by atoms with Gasteiger partial charge in [0.1, 0.15) is 5.60 Å². The van der Waals surface area contributed by atoms with Gasteiger partial charge in [0.2, 0.25) is 5.91 Å². The number of amides is 1. The maximum Gasteiger partial charge on any atom is 0.219 e. The summed E-state index contributed by atoms with van der Waals surface area (Å²) in [6.45, 7) is 4.37. The van der Waals surface area contributed by atoms with Crippen molar-refractivity contribution >= 4 is 5.91 Å². The summed E-state index contributed by atoms with van der Waals surface area (Å²) < 4.78 is 5.24. The Hall–Kier alpha value is -0.730. The van der Waals surface area contributed by atoms with E-state index in [1.807, 2.05) is 0 Å². The summed E-state index contributed by atoms with van der Waals surface area (Å²) in [7, 11) is 0. The van der Waals surface area contributed by atoms with Gasteiger partial charge in [0.25, 0.3) is 0 Å². The molecule has 0 saturated carbocycles. The van der Waals surface area contributed by atoms with Crippen LogP contribution in [0.4, 0.5) is 0 Å². The molecule has 1 aliphatic rings. The molecule has 1 amide bonds. The highest BCUT2D eigenvalue weighted by atomic mass is 16.5. The molecule has 1 rings (SSSR count). The average Bonchev–Trinajstić information content (AvgIpc) is 2.44. The molecule has 19 heavy (non-hydrogen) atoms. The first-order valence-electron chi connectivity index (χ1n) is 6.50. The first-order valence-corrected chi connectivity index (χ1v) is 6.50. The normalized spacial score (nSPS) is 17.5. The highest BCUT2D eigenvalue weighted by Crippen LogP contribution is 2.07. The largest absolute Gasteiger partial charge is 0.393 e. The number of carbonyl (C=O) groups is 1. The Morgan fingerprint density at radius 3 is 2.37 bits per heavy atom. The van der Waals surface area contributed by atoms with E-state index < -0.39 is 18.8 Å². The number of ether oxygens (including phenoxy) is 1. The molecule has 1 saturated heterocycles. The second-order valence-electron chi connectivity index (χ2n) is 4.94. The third-order valence-electron chi connectivity index (χ3n) is 3.31. The SMILES string of the molecule is CC(=O)N(CCN1CCOCC1)CC(O)(CO)CO. The van der Waals surface area contributed by atoms with Crippen LogP contribution < -0.4 is 0 Å². The van der Waals surface area contributed by atoms with E-state index in [1.54, 1.807) is 0 Å². The average molecular weight is 276 g/mol. The van der Waals surface area contributed by atoms with Gasteiger partial charge in [0, 0.05) is 33.1 Å². The third kappa shape index (κ3) is 5.42. The molecule has 7 nitrogen and oxygen atoms in total. The number of carbonyl (C=O) groups excluding carboxylic acids is 1.